The van der Waals surface area contributed by atoms with E-state index in [1.165, 1.54) is 24.2 Å². The molecular formula is C12H14N4OS2. The minimum absolute atomic E-state index is 0.181. The number of hydrogen-bond donors (Lipinski definition) is 2. The number of thiophene rings is 1. The summed E-state index contributed by atoms with van der Waals surface area (Å²) >= 11 is 3.01. The van der Waals surface area contributed by atoms with Gasteiger partial charge >= 0.3 is 6.03 Å². The summed E-state index contributed by atoms with van der Waals surface area (Å²) in [4.78, 5) is 11.8. The Kier molecular flexibility index (Phi) is 3.74. The van der Waals surface area contributed by atoms with Gasteiger partial charge in [0.25, 0.3) is 0 Å². The molecule has 2 N–H and O–H groups in total. The molecule has 0 radical (unpaired) electrons. The summed E-state index contributed by atoms with van der Waals surface area (Å²) in [5.41, 5.74) is 1.05. The highest BCUT2D eigenvalue weighted by Crippen LogP contribution is 2.27. The highest BCUT2D eigenvalue weighted by atomic mass is 32.1. The summed E-state index contributed by atoms with van der Waals surface area (Å²) in [6.45, 7) is 0. The van der Waals surface area contributed by atoms with Gasteiger partial charge in [0, 0.05) is 17.0 Å². The van der Waals surface area contributed by atoms with Crippen molar-refractivity contribution < 1.29 is 4.79 Å². The largest absolute Gasteiger partial charge is 0.335 e. The Morgan fingerprint density at radius 3 is 2.89 bits per heavy atom. The number of amides is 2. The van der Waals surface area contributed by atoms with Crippen LogP contribution < -0.4 is 10.6 Å². The second-order valence-electron chi connectivity index (χ2n) is 4.50. The zero-order chi connectivity index (χ0) is 13.1. The third-order valence-corrected chi connectivity index (χ3v) is 4.67. The van der Waals surface area contributed by atoms with E-state index in [0.29, 0.717) is 11.2 Å². The van der Waals surface area contributed by atoms with Gasteiger partial charge < -0.3 is 5.32 Å². The molecule has 2 aromatic rings. The van der Waals surface area contributed by atoms with Crippen molar-refractivity contribution in [1.29, 1.82) is 0 Å². The summed E-state index contributed by atoms with van der Waals surface area (Å²) < 4.78 is 0. The number of urea groups is 1. The highest BCUT2D eigenvalue weighted by molar-refractivity contribution is 7.19. The Labute approximate surface area is 119 Å². The maximum atomic E-state index is 11.8. The van der Waals surface area contributed by atoms with Crippen molar-refractivity contribution >= 4 is 33.8 Å². The van der Waals surface area contributed by atoms with Crippen molar-refractivity contribution in [3.05, 3.63) is 16.8 Å². The molecule has 0 aliphatic heterocycles. The molecule has 2 amide bonds. The molecule has 100 valence electrons. The molecule has 0 spiro atoms. The smallest absolute Gasteiger partial charge is 0.321 e. The van der Waals surface area contributed by atoms with E-state index in [2.05, 4.69) is 20.8 Å². The predicted octanol–water partition coefficient (Wildman–Crippen LogP) is 3.33. The van der Waals surface area contributed by atoms with E-state index in [9.17, 15) is 4.79 Å². The van der Waals surface area contributed by atoms with Gasteiger partial charge in [-0.2, -0.15) is 11.3 Å². The normalized spacial score (nSPS) is 15.6. The quantitative estimate of drug-likeness (QED) is 0.912. The molecule has 1 aliphatic carbocycles. The summed E-state index contributed by atoms with van der Waals surface area (Å²) in [5, 5.41) is 19.2. The van der Waals surface area contributed by atoms with E-state index >= 15 is 0 Å². The van der Waals surface area contributed by atoms with Crippen LogP contribution in [0.1, 0.15) is 25.7 Å². The molecule has 7 heteroatoms. The van der Waals surface area contributed by atoms with Crippen LogP contribution in [0, 0.1) is 0 Å². The number of hydrogen-bond acceptors (Lipinski definition) is 5. The number of nitrogens with zero attached hydrogens (tertiary/aromatic N) is 2. The average molecular weight is 294 g/mol. The highest BCUT2D eigenvalue weighted by Gasteiger charge is 2.18. The van der Waals surface area contributed by atoms with Crippen molar-refractivity contribution in [2.45, 2.75) is 31.7 Å². The van der Waals surface area contributed by atoms with Gasteiger partial charge in [-0.25, -0.2) is 4.79 Å². The molecule has 1 fully saturated rings. The SMILES string of the molecule is O=C(Nc1nnc(-c2ccsc2)s1)NC1CCCC1. The Balaban J connectivity index is 1.59. The van der Waals surface area contributed by atoms with Gasteiger partial charge in [-0.1, -0.05) is 24.2 Å². The molecule has 1 saturated carbocycles. The van der Waals surface area contributed by atoms with Crippen LogP contribution in [-0.4, -0.2) is 22.3 Å². The number of carbonyl (C=O) groups is 1. The van der Waals surface area contributed by atoms with E-state index in [4.69, 9.17) is 0 Å². The van der Waals surface area contributed by atoms with Gasteiger partial charge in [-0.15, -0.1) is 10.2 Å². The number of anilines is 1. The maximum absolute atomic E-state index is 11.8. The number of aromatic nitrogens is 2. The number of carbonyl (C=O) groups excluding carboxylic acids is 1. The minimum Gasteiger partial charge on any atom is -0.335 e. The van der Waals surface area contributed by atoms with Crippen LogP contribution in [0.4, 0.5) is 9.93 Å². The Hall–Kier alpha value is -1.47. The summed E-state index contributed by atoms with van der Waals surface area (Å²) in [5.74, 6) is 0. The first kappa shape index (κ1) is 12.6. The Bertz CT molecular complexity index is 546. The van der Waals surface area contributed by atoms with Gasteiger partial charge in [0.1, 0.15) is 5.01 Å². The lowest BCUT2D eigenvalue weighted by Gasteiger charge is -2.11. The summed E-state index contributed by atoms with van der Waals surface area (Å²) in [6, 6.07) is 2.12. The number of rotatable bonds is 3. The lowest BCUT2D eigenvalue weighted by molar-refractivity contribution is 0.248. The van der Waals surface area contributed by atoms with Crippen molar-refractivity contribution in [3.8, 4) is 10.6 Å². The molecule has 0 atom stereocenters. The standard InChI is InChI=1S/C12H14N4OS2/c17-11(13-9-3-1-2-4-9)14-12-16-15-10(19-12)8-5-6-18-7-8/h5-7,9H,1-4H2,(H2,13,14,16,17). The first-order valence-corrected chi connectivity index (χ1v) is 8.01. The maximum Gasteiger partial charge on any atom is 0.321 e. The molecule has 0 unspecified atom stereocenters. The fourth-order valence-electron chi connectivity index (χ4n) is 2.17. The fraction of sp³-hybridized carbons (Fsp3) is 0.417. The molecule has 2 heterocycles. The van der Waals surface area contributed by atoms with E-state index in [0.717, 1.165) is 23.4 Å². The first-order chi connectivity index (χ1) is 9.31. The number of nitrogens with one attached hydrogen (secondary N) is 2. The van der Waals surface area contributed by atoms with Gasteiger partial charge in [-0.05, 0) is 24.3 Å². The molecule has 19 heavy (non-hydrogen) atoms. The second kappa shape index (κ2) is 5.66. The minimum atomic E-state index is -0.181. The van der Waals surface area contributed by atoms with Crippen molar-refractivity contribution in [2.75, 3.05) is 5.32 Å². The molecular weight excluding hydrogens is 280 g/mol. The first-order valence-electron chi connectivity index (χ1n) is 6.25. The van der Waals surface area contributed by atoms with E-state index in [1.807, 2.05) is 16.8 Å². The van der Waals surface area contributed by atoms with E-state index in [1.54, 1.807) is 11.3 Å². The Morgan fingerprint density at radius 2 is 2.16 bits per heavy atom. The third-order valence-electron chi connectivity index (χ3n) is 3.10. The van der Waals surface area contributed by atoms with Gasteiger partial charge in [0.2, 0.25) is 5.13 Å². The van der Waals surface area contributed by atoms with Crippen LogP contribution in [0.3, 0.4) is 0 Å². The van der Waals surface area contributed by atoms with Crippen LogP contribution in [0.2, 0.25) is 0 Å². The van der Waals surface area contributed by atoms with Crippen molar-refractivity contribution in [3.63, 3.8) is 0 Å². The van der Waals surface area contributed by atoms with Crippen LogP contribution in [0.15, 0.2) is 16.8 Å². The molecule has 0 aromatic carbocycles. The lowest BCUT2D eigenvalue weighted by atomic mass is 10.3. The zero-order valence-electron chi connectivity index (χ0n) is 10.3. The van der Waals surface area contributed by atoms with E-state index in [-0.39, 0.29) is 6.03 Å². The van der Waals surface area contributed by atoms with Crippen LogP contribution in [0.25, 0.3) is 10.6 Å². The van der Waals surface area contributed by atoms with Crippen molar-refractivity contribution in [1.82, 2.24) is 15.5 Å². The zero-order valence-corrected chi connectivity index (χ0v) is 11.9. The predicted molar refractivity (Wildman–Crippen MR) is 77.6 cm³/mol. The molecule has 0 saturated heterocycles. The van der Waals surface area contributed by atoms with Crippen molar-refractivity contribution in [2.24, 2.45) is 0 Å². The summed E-state index contributed by atoms with van der Waals surface area (Å²) in [6.07, 6.45) is 4.55. The molecule has 1 aliphatic rings. The van der Waals surface area contributed by atoms with Gasteiger partial charge in [-0.3, -0.25) is 5.32 Å². The fourth-order valence-corrected chi connectivity index (χ4v) is 3.62. The van der Waals surface area contributed by atoms with Gasteiger partial charge in [0.05, 0.1) is 0 Å². The Morgan fingerprint density at radius 1 is 1.32 bits per heavy atom. The molecule has 2 aromatic heterocycles. The summed E-state index contributed by atoms with van der Waals surface area (Å²) in [7, 11) is 0. The average Bonchev–Trinajstić information content (AvgIpc) is 3.09. The monoisotopic (exact) mass is 294 g/mol. The van der Waals surface area contributed by atoms with Crippen LogP contribution >= 0.6 is 22.7 Å². The lowest BCUT2D eigenvalue weighted by Crippen LogP contribution is -2.36. The molecule has 3 rings (SSSR count). The van der Waals surface area contributed by atoms with E-state index < -0.39 is 0 Å². The molecule has 5 nitrogen and oxygen atoms in total. The van der Waals surface area contributed by atoms with Crippen LogP contribution in [0.5, 0.6) is 0 Å². The topological polar surface area (TPSA) is 66.9 Å². The van der Waals surface area contributed by atoms with Gasteiger partial charge in [0.15, 0.2) is 0 Å². The van der Waals surface area contributed by atoms with Crippen LogP contribution in [-0.2, 0) is 0 Å². The second-order valence-corrected chi connectivity index (χ2v) is 6.26. The molecule has 0 bridgehead atoms. The third kappa shape index (κ3) is 3.10.